The predicted molar refractivity (Wildman–Crippen MR) is 72.8 cm³/mol. The van der Waals surface area contributed by atoms with E-state index in [1.54, 1.807) is 0 Å². The van der Waals surface area contributed by atoms with Crippen molar-refractivity contribution in [3.05, 3.63) is 12.2 Å². The minimum Gasteiger partial charge on any atom is -0.297 e. The summed E-state index contributed by atoms with van der Waals surface area (Å²) < 4.78 is 0. The zero-order valence-corrected chi connectivity index (χ0v) is 11.8. The number of fused-ring (bicyclic) bond motifs is 1. The van der Waals surface area contributed by atoms with Crippen LogP contribution in [0.4, 0.5) is 0 Å². The molecule has 17 heavy (non-hydrogen) atoms. The van der Waals surface area contributed by atoms with Gasteiger partial charge in [-0.3, -0.25) is 4.90 Å². The third kappa shape index (κ3) is 1.69. The maximum atomic E-state index is 2.80. The van der Waals surface area contributed by atoms with Gasteiger partial charge >= 0.3 is 0 Å². The molecule has 0 radical (unpaired) electrons. The summed E-state index contributed by atoms with van der Waals surface area (Å²) in [5, 5.41) is 0. The van der Waals surface area contributed by atoms with Crippen molar-refractivity contribution in [3.8, 4) is 0 Å². The van der Waals surface area contributed by atoms with Gasteiger partial charge in [0.05, 0.1) is 0 Å². The molecule has 96 valence electrons. The van der Waals surface area contributed by atoms with Gasteiger partial charge in [-0.2, -0.15) is 0 Å². The fraction of sp³-hybridized carbons (Fsp3) is 0.875. The summed E-state index contributed by atoms with van der Waals surface area (Å²) in [6.07, 6.45) is 8.00. The van der Waals surface area contributed by atoms with E-state index in [9.17, 15) is 0 Å². The lowest BCUT2D eigenvalue weighted by molar-refractivity contribution is 0.0997. The summed E-state index contributed by atoms with van der Waals surface area (Å²) in [6.45, 7) is 11.0. The summed E-state index contributed by atoms with van der Waals surface area (Å²) >= 11 is 0. The van der Waals surface area contributed by atoms with Crippen LogP contribution in [0.3, 0.4) is 0 Å². The van der Waals surface area contributed by atoms with E-state index in [0.717, 1.165) is 35.6 Å². The highest BCUT2D eigenvalue weighted by molar-refractivity contribution is 5.15. The van der Waals surface area contributed by atoms with E-state index in [2.05, 4.69) is 44.7 Å². The number of allylic oxidation sites excluding steroid dienone is 2. The fourth-order valence-corrected chi connectivity index (χ4v) is 4.88. The summed E-state index contributed by atoms with van der Waals surface area (Å²) in [7, 11) is 0. The highest BCUT2D eigenvalue weighted by Crippen LogP contribution is 2.52. The first-order valence-corrected chi connectivity index (χ1v) is 7.53. The Bertz CT molecular complexity index is 317. The molecule has 2 fully saturated rings. The molecule has 1 heterocycles. The topological polar surface area (TPSA) is 3.24 Å². The number of rotatable bonds is 2. The molecular formula is C16H27N. The third-order valence-corrected chi connectivity index (χ3v) is 5.52. The summed E-state index contributed by atoms with van der Waals surface area (Å²) in [5.74, 6) is 4.52. The van der Waals surface area contributed by atoms with E-state index < -0.39 is 0 Å². The maximum Gasteiger partial charge on any atom is 0.0158 e. The summed E-state index contributed by atoms with van der Waals surface area (Å²) in [5.41, 5.74) is 0. The van der Waals surface area contributed by atoms with Crippen LogP contribution in [0.1, 0.15) is 40.5 Å². The SMILES string of the molecule is CC(C)C1C2C3C=CC(CC3)C2CN1C(C)C. The number of hydrogen-bond acceptors (Lipinski definition) is 1. The summed E-state index contributed by atoms with van der Waals surface area (Å²) in [4.78, 5) is 2.80. The number of hydrogen-bond donors (Lipinski definition) is 0. The Morgan fingerprint density at radius 2 is 1.65 bits per heavy atom. The van der Waals surface area contributed by atoms with Gasteiger partial charge in [-0.05, 0) is 56.3 Å². The van der Waals surface area contributed by atoms with Crippen LogP contribution in [0.5, 0.6) is 0 Å². The molecule has 3 aliphatic carbocycles. The second-order valence-corrected chi connectivity index (χ2v) is 7.06. The zero-order chi connectivity index (χ0) is 12.2. The molecule has 2 bridgehead atoms. The maximum absolute atomic E-state index is 2.80. The molecule has 0 spiro atoms. The van der Waals surface area contributed by atoms with Gasteiger partial charge in [-0.15, -0.1) is 0 Å². The lowest BCUT2D eigenvalue weighted by Gasteiger charge is -2.44. The predicted octanol–water partition coefficient (Wildman–Crippen LogP) is 3.56. The van der Waals surface area contributed by atoms with Crippen molar-refractivity contribution in [1.82, 2.24) is 4.90 Å². The quantitative estimate of drug-likeness (QED) is 0.659. The van der Waals surface area contributed by atoms with E-state index in [1.165, 1.54) is 19.4 Å². The summed E-state index contributed by atoms with van der Waals surface area (Å²) in [6, 6.07) is 1.55. The molecule has 0 N–H and O–H groups in total. The van der Waals surface area contributed by atoms with Gasteiger partial charge in [-0.1, -0.05) is 26.0 Å². The van der Waals surface area contributed by atoms with Gasteiger partial charge in [0, 0.05) is 18.6 Å². The van der Waals surface area contributed by atoms with Crippen LogP contribution in [0.25, 0.3) is 0 Å². The Kier molecular flexibility index (Phi) is 2.85. The molecule has 5 unspecified atom stereocenters. The second-order valence-electron chi connectivity index (χ2n) is 7.06. The molecule has 1 saturated heterocycles. The highest BCUT2D eigenvalue weighted by Gasteiger charge is 2.52. The average molecular weight is 233 g/mol. The molecule has 5 atom stereocenters. The van der Waals surface area contributed by atoms with E-state index in [4.69, 9.17) is 0 Å². The number of likely N-dealkylation sites (tertiary alicyclic amines) is 1. The molecule has 1 heteroatoms. The van der Waals surface area contributed by atoms with Crippen molar-refractivity contribution in [2.24, 2.45) is 29.6 Å². The Labute approximate surface area is 106 Å². The zero-order valence-electron chi connectivity index (χ0n) is 11.8. The van der Waals surface area contributed by atoms with E-state index in [1.807, 2.05) is 0 Å². The van der Waals surface area contributed by atoms with Gasteiger partial charge < -0.3 is 0 Å². The third-order valence-electron chi connectivity index (χ3n) is 5.52. The molecule has 1 aliphatic heterocycles. The van der Waals surface area contributed by atoms with Crippen LogP contribution in [0, 0.1) is 29.6 Å². The number of nitrogens with zero attached hydrogens (tertiary/aromatic N) is 1. The van der Waals surface area contributed by atoms with Crippen molar-refractivity contribution >= 4 is 0 Å². The molecule has 0 aromatic carbocycles. The van der Waals surface area contributed by atoms with Gasteiger partial charge in [-0.25, -0.2) is 0 Å². The van der Waals surface area contributed by atoms with Crippen molar-refractivity contribution in [2.45, 2.75) is 52.6 Å². The Balaban J connectivity index is 1.92. The molecular weight excluding hydrogens is 206 g/mol. The smallest absolute Gasteiger partial charge is 0.0158 e. The minimum absolute atomic E-state index is 0.715. The normalized spacial score (nSPS) is 44.9. The van der Waals surface area contributed by atoms with Gasteiger partial charge in [0.15, 0.2) is 0 Å². The second kappa shape index (κ2) is 4.12. The van der Waals surface area contributed by atoms with Gasteiger partial charge in [0.2, 0.25) is 0 Å². The van der Waals surface area contributed by atoms with Crippen LogP contribution < -0.4 is 0 Å². The molecule has 0 aromatic rings. The van der Waals surface area contributed by atoms with Crippen LogP contribution in [0.15, 0.2) is 12.2 Å². The highest BCUT2D eigenvalue weighted by atomic mass is 15.2. The molecule has 1 saturated carbocycles. The largest absolute Gasteiger partial charge is 0.297 e. The first-order chi connectivity index (χ1) is 8.09. The van der Waals surface area contributed by atoms with Gasteiger partial charge in [0.1, 0.15) is 0 Å². The molecule has 1 nitrogen and oxygen atoms in total. The minimum atomic E-state index is 0.715. The monoisotopic (exact) mass is 233 g/mol. The first-order valence-electron chi connectivity index (χ1n) is 7.53. The van der Waals surface area contributed by atoms with Crippen LogP contribution in [0.2, 0.25) is 0 Å². The van der Waals surface area contributed by atoms with Crippen molar-refractivity contribution in [3.63, 3.8) is 0 Å². The standard InChI is InChI=1S/C16H27N/c1-10(2)16-15-13-7-5-12(6-8-13)14(15)9-17(16)11(3)4/h5,7,10-16H,6,8-9H2,1-4H3. The van der Waals surface area contributed by atoms with Crippen molar-refractivity contribution in [1.29, 1.82) is 0 Å². The van der Waals surface area contributed by atoms with Gasteiger partial charge in [0.25, 0.3) is 0 Å². The van der Waals surface area contributed by atoms with Crippen molar-refractivity contribution < 1.29 is 0 Å². The Morgan fingerprint density at radius 3 is 2.18 bits per heavy atom. The van der Waals surface area contributed by atoms with E-state index >= 15 is 0 Å². The molecule has 4 aliphatic rings. The lowest BCUT2D eigenvalue weighted by atomic mass is 9.61. The Morgan fingerprint density at radius 1 is 1.00 bits per heavy atom. The fourth-order valence-electron chi connectivity index (χ4n) is 4.88. The molecule has 0 aromatic heterocycles. The molecule has 4 rings (SSSR count). The first kappa shape index (κ1) is 11.8. The van der Waals surface area contributed by atoms with E-state index in [0.29, 0.717) is 6.04 Å². The molecule has 0 amide bonds. The van der Waals surface area contributed by atoms with Crippen molar-refractivity contribution in [2.75, 3.05) is 6.54 Å². The average Bonchev–Trinajstić information content (AvgIpc) is 2.72. The Hall–Kier alpha value is -0.300. The van der Waals surface area contributed by atoms with Crippen LogP contribution in [-0.4, -0.2) is 23.5 Å². The van der Waals surface area contributed by atoms with Crippen LogP contribution in [-0.2, 0) is 0 Å². The lowest BCUT2D eigenvalue weighted by Crippen LogP contribution is -2.44. The van der Waals surface area contributed by atoms with Crippen LogP contribution >= 0.6 is 0 Å². The van der Waals surface area contributed by atoms with E-state index in [-0.39, 0.29) is 0 Å².